The first kappa shape index (κ1) is 48.4. The van der Waals surface area contributed by atoms with Crippen LogP contribution in [0.4, 0.5) is 19.2 Å². The van der Waals surface area contributed by atoms with Gasteiger partial charge in [-0.2, -0.15) is 0 Å². The Kier molecular flexibility index (Phi) is 25.9. The van der Waals surface area contributed by atoms with E-state index in [2.05, 4.69) is 62.8 Å². The third-order valence-electron chi connectivity index (χ3n) is 7.25. The SMILES string of the molecule is CC(=O)NC[C@H](CCCN=C(N)N)NC(=O)NC[C@H](C)NC(=O)NC[C@H](CCCN=C(N)N)NC(=O)NC[C@H](CCCN=C(N)N)NC(=O)NCC(C)C. The molecule has 0 aliphatic heterocycles. The van der Waals surface area contributed by atoms with Crippen LogP contribution in [-0.4, -0.2) is 124 Å². The Morgan fingerprint density at radius 1 is 0.463 bits per heavy atom. The van der Waals surface area contributed by atoms with Gasteiger partial charge in [-0.1, -0.05) is 13.8 Å². The van der Waals surface area contributed by atoms with Crippen molar-refractivity contribution < 1.29 is 24.0 Å². The number of carbonyl (C=O) groups is 5. The maximum absolute atomic E-state index is 13.0. The van der Waals surface area contributed by atoms with Crippen molar-refractivity contribution in [2.24, 2.45) is 55.3 Å². The zero-order valence-corrected chi connectivity index (χ0v) is 32.1. The fourth-order valence-corrected chi connectivity index (χ4v) is 4.59. The Labute approximate surface area is 317 Å². The van der Waals surface area contributed by atoms with Gasteiger partial charge in [-0.05, 0) is 51.4 Å². The van der Waals surface area contributed by atoms with Gasteiger partial charge < -0.3 is 82.3 Å². The van der Waals surface area contributed by atoms with Gasteiger partial charge in [0.1, 0.15) is 0 Å². The second kappa shape index (κ2) is 28.9. The Balaban J connectivity index is 5.14. The van der Waals surface area contributed by atoms with Gasteiger partial charge >= 0.3 is 24.1 Å². The molecule has 21 N–H and O–H groups in total. The van der Waals surface area contributed by atoms with Crippen LogP contribution in [-0.2, 0) is 4.79 Å². The number of nitrogens with two attached hydrogens (primary N) is 6. The monoisotopic (exact) mass is 771 g/mol. The number of urea groups is 4. The first-order valence-electron chi connectivity index (χ1n) is 18.0. The van der Waals surface area contributed by atoms with E-state index in [9.17, 15) is 24.0 Å². The van der Waals surface area contributed by atoms with Crippen LogP contribution in [0.5, 0.6) is 0 Å². The third kappa shape index (κ3) is 30.0. The van der Waals surface area contributed by atoms with Crippen molar-refractivity contribution in [3.63, 3.8) is 0 Å². The molecule has 0 fully saturated rings. The predicted molar refractivity (Wildman–Crippen MR) is 210 cm³/mol. The molecule has 0 aromatic rings. The normalized spacial score (nSPS) is 12.7. The summed E-state index contributed by atoms with van der Waals surface area (Å²) in [5.74, 6) is -0.109. The van der Waals surface area contributed by atoms with Crippen LogP contribution in [0, 0.1) is 5.92 Å². The standard InChI is InChI=1S/C31H66N18O5/c1-19(2)14-42-29(52)48-24(10-7-13-40-27(36)37)18-45-31(54)49-23(9-6-12-39-26(34)35)17-44-28(51)46-20(3)15-43-30(53)47-22(16-41-21(4)50)8-5-11-38-25(32)33/h19-20,22-24H,5-18H2,1-4H3,(H,41,50)(H4,32,33,38)(H4,34,35,39)(H4,36,37,40)(H2,42,48,52)(H2,43,47,53)(H2,44,46,51)(H2,45,49,54)/t20-,22-,23-,24-/m0/s1. The van der Waals surface area contributed by atoms with E-state index in [1.165, 1.54) is 6.92 Å². The highest BCUT2D eigenvalue weighted by Gasteiger charge is 2.18. The van der Waals surface area contributed by atoms with Crippen LogP contribution in [0.25, 0.3) is 0 Å². The summed E-state index contributed by atoms with van der Waals surface area (Å²) in [6, 6.07) is -3.68. The lowest BCUT2D eigenvalue weighted by Crippen LogP contribution is -2.54. The van der Waals surface area contributed by atoms with Crippen molar-refractivity contribution in [1.29, 1.82) is 0 Å². The van der Waals surface area contributed by atoms with Gasteiger partial charge in [0, 0.05) is 83.4 Å². The summed E-state index contributed by atoms with van der Waals surface area (Å²) < 4.78 is 0. The van der Waals surface area contributed by atoms with E-state index >= 15 is 0 Å². The first-order valence-corrected chi connectivity index (χ1v) is 18.0. The third-order valence-corrected chi connectivity index (χ3v) is 7.25. The summed E-state index contributed by atoms with van der Waals surface area (Å²) in [6.45, 7) is 9.04. The Hall–Kier alpha value is -5.64. The molecule has 0 bridgehead atoms. The molecule has 0 heterocycles. The number of aliphatic imine (C=N–C) groups is 3. The smallest absolute Gasteiger partial charge is 0.315 e. The molecule has 0 saturated carbocycles. The lowest BCUT2D eigenvalue weighted by molar-refractivity contribution is -0.119. The molecule has 23 heteroatoms. The summed E-state index contributed by atoms with van der Waals surface area (Å²) in [5.41, 5.74) is 32.4. The molecule has 0 rings (SSSR count). The second-order valence-electron chi connectivity index (χ2n) is 13.1. The molecule has 9 amide bonds. The molecule has 0 aromatic heterocycles. The molecule has 4 atom stereocenters. The molecule has 0 radical (unpaired) electrons. The molecular formula is C31H66N18O5. The summed E-state index contributed by atoms with van der Waals surface area (Å²) in [5, 5.41) is 24.9. The highest BCUT2D eigenvalue weighted by molar-refractivity contribution is 5.78. The van der Waals surface area contributed by atoms with Crippen molar-refractivity contribution in [2.75, 3.05) is 52.4 Å². The number of nitrogens with zero attached hydrogens (tertiary/aromatic N) is 3. The molecule has 0 saturated heterocycles. The lowest BCUT2D eigenvalue weighted by Gasteiger charge is -2.23. The molecule has 23 nitrogen and oxygen atoms in total. The van der Waals surface area contributed by atoms with Crippen LogP contribution in [0.3, 0.4) is 0 Å². The summed E-state index contributed by atoms with van der Waals surface area (Å²) >= 11 is 0. The van der Waals surface area contributed by atoms with E-state index < -0.39 is 36.2 Å². The van der Waals surface area contributed by atoms with Crippen LogP contribution in [0.1, 0.15) is 66.2 Å². The number of amides is 9. The number of nitrogens with one attached hydrogen (secondary N) is 9. The van der Waals surface area contributed by atoms with Crippen LogP contribution in [0.15, 0.2) is 15.0 Å². The fourth-order valence-electron chi connectivity index (χ4n) is 4.59. The summed E-state index contributed by atoms with van der Waals surface area (Å²) in [6.07, 6.45) is 3.05. The minimum absolute atomic E-state index is 0.0314. The number of carbonyl (C=O) groups excluding carboxylic acids is 5. The summed E-state index contributed by atoms with van der Waals surface area (Å²) in [7, 11) is 0. The number of rotatable bonds is 26. The van der Waals surface area contributed by atoms with E-state index in [1.807, 2.05) is 13.8 Å². The van der Waals surface area contributed by atoms with Gasteiger partial charge in [-0.15, -0.1) is 0 Å². The average molecular weight is 771 g/mol. The van der Waals surface area contributed by atoms with E-state index in [4.69, 9.17) is 34.4 Å². The zero-order valence-electron chi connectivity index (χ0n) is 32.1. The second-order valence-corrected chi connectivity index (χ2v) is 13.1. The number of hydrogen-bond acceptors (Lipinski definition) is 8. The number of hydrogen-bond donors (Lipinski definition) is 15. The van der Waals surface area contributed by atoms with E-state index in [-0.39, 0.29) is 68.0 Å². The lowest BCUT2D eigenvalue weighted by atomic mass is 10.1. The summed E-state index contributed by atoms with van der Waals surface area (Å²) in [4.78, 5) is 73.9. The van der Waals surface area contributed by atoms with E-state index in [0.29, 0.717) is 64.7 Å². The van der Waals surface area contributed by atoms with Crippen molar-refractivity contribution in [2.45, 2.75) is 90.4 Å². The van der Waals surface area contributed by atoms with E-state index in [1.54, 1.807) is 6.92 Å². The minimum Gasteiger partial charge on any atom is -0.370 e. The minimum atomic E-state index is -0.526. The highest BCUT2D eigenvalue weighted by atomic mass is 16.2. The molecule has 0 aromatic carbocycles. The molecule has 310 valence electrons. The number of guanidine groups is 3. The van der Waals surface area contributed by atoms with Crippen LogP contribution >= 0.6 is 0 Å². The topological polar surface area (TPSA) is 387 Å². The van der Waals surface area contributed by atoms with Crippen molar-refractivity contribution in [1.82, 2.24) is 47.9 Å². The fraction of sp³-hybridized carbons (Fsp3) is 0.742. The molecule has 54 heavy (non-hydrogen) atoms. The Morgan fingerprint density at radius 3 is 1.11 bits per heavy atom. The van der Waals surface area contributed by atoms with Crippen molar-refractivity contribution >= 4 is 47.9 Å². The van der Waals surface area contributed by atoms with Gasteiger partial charge in [0.05, 0.1) is 0 Å². The average Bonchev–Trinajstić information content (AvgIpc) is 3.08. The maximum Gasteiger partial charge on any atom is 0.315 e. The molecule has 0 spiro atoms. The predicted octanol–water partition coefficient (Wildman–Crippen LogP) is -3.37. The van der Waals surface area contributed by atoms with Crippen LogP contribution in [0.2, 0.25) is 0 Å². The Bertz CT molecular complexity index is 1220. The Morgan fingerprint density at radius 2 is 0.778 bits per heavy atom. The largest absolute Gasteiger partial charge is 0.370 e. The van der Waals surface area contributed by atoms with Gasteiger partial charge in [0.25, 0.3) is 0 Å². The van der Waals surface area contributed by atoms with E-state index in [0.717, 1.165) is 0 Å². The highest BCUT2D eigenvalue weighted by Crippen LogP contribution is 2.01. The van der Waals surface area contributed by atoms with Crippen LogP contribution < -0.4 is 82.3 Å². The van der Waals surface area contributed by atoms with Crippen molar-refractivity contribution in [3.05, 3.63) is 0 Å². The van der Waals surface area contributed by atoms with Gasteiger partial charge in [0.2, 0.25) is 5.91 Å². The molecule has 0 unspecified atom stereocenters. The maximum atomic E-state index is 13.0. The van der Waals surface area contributed by atoms with Gasteiger partial charge in [-0.25, -0.2) is 19.2 Å². The van der Waals surface area contributed by atoms with Gasteiger partial charge in [-0.3, -0.25) is 19.8 Å². The first-order chi connectivity index (χ1) is 25.5. The molecule has 0 aliphatic rings. The molecular weight excluding hydrogens is 704 g/mol. The van der Waals surface area contributed by atoms with Gasteiger partial charge in [0.15, 0.2) is 17.9 Å². The molecule has 0 aliphatic carbocycles. The van der Waals surface area contributed by atoms with Crippen molar-refractivity contribution in [3.8, 4) is 0 Å². The zero-order chi connectivity index (χ0) is 40.9. The quantitative estimate of drug-likeness (QED) is 0.0234.